The minimum Gasteiger partial charge on any atom is -0.355 e. The lowest BCUT2D eigenvalue weighted by atomic mass is 10.2. The monoisotopic (exact) mass is 208 g/mol. The van der Waals surface area contributed by atoms with Gasteiger partial charge in [0.2, 0.25) is 0 Å². The Balaban J connectivity index is 2.17. The van der Waals surface area contributed by atoms with Crippen LogP contribution in [0.5, 0.6) is 0 Å². The van der Waals surface area contributed by atoms with E-state index in [2.05, 4.69) is 10.8 Å². The minimum atomic E-state index is -2.94. The lowest BCUT2D eigenvalue weighted by molar-refractivity contribution is -0.00413. The Bertz CT molecular complexity index is 313. The molecule has 0 saturated carbocycles. The highest BCUT2D eigenvalue weighted by atomic mass is 32.2. The number of sulfone groups is 1. The van der Waals surface area contributed by atoms with Gasteiger partial charge in [0.15, 0.2) is 14.9 Å². The molecule has 0 radical (unpaired) electrons. The maximum Gasteiger partial charge on any atom is 0.190 e. The van der Waals surface area contributed by atoms with Crippen LogP contribution in [-0.2, 0) is 14.7 Å². The smallest absolute Gasteiger partial charge is 0.190 e. The van der Waals surface area contributed by atoms with Gasteiger partial charge in [-0.15, -0.1) is 0 Å². The third-order valence-electron chi connectivity index (χ3n) is 1.92. The molecule has 0 spiro atoms. The molecule has 2 saturated heterocycles. The first kappa shape index (κ1) is 8.21. The van der Waals surface area contributed by atoms with Crippen molar-refractivity contribution < 1.29 is 13.3 Å². The van der Waals surface area contributed by atoms with Gasteiger partial charge in [-0.25, -0.2) is 13.9 Å². The molecule has 2 atom stereocenters. The van der Waals surface area contributed by atoms with Gasteiger partial charge in [0.05, 0.1) is 17.5 Å². The van der Waals surface area contributed by atoms with Gasteiger partial charge in [-0.1, -0.05) is 0 Å². The third kappa shape index (κ3) is 1.39. The van der Waals surface area contributed by atoms with Crippen molar-refractivity contribution in [1.29, 1.82) is 0 Å². The number of fused-ring (bicyclic) bond motifs is 1. The molecule has 68 valence electrons. The van der Waals surface area contributed by atoms with Gasteiger partial charge in [-0.2, -0.15) is 0 Å². The third-order valence-corrected chi connectivity index (χ3v) is 3.82. The molecule has 7 heteroatoms. The van der Waals surface area contributed by atoms with Gasteiger partial charge in [0.25, 0.3) is 0 Å². The molecule has 0 aromatic carbocycles. The van der Waals surface area contributed by atoms with Gasteiger partial charge in [-0.05, 0) is 12.2 Å². The molecule has 5 nitrogen and oxygen atoms in total. The normalized spacial score (nSPS) is 38.2. The summed E-state index contributed by atoms with van der Waals surface area (Å²) in [5.41, 5.74) is 2.45. The zero-order valence-electron chi connectivity index (χ0n) is 6.11. The van der Waals surface area contributed by atoms with E-state index in [4.69, 9.17) is 17.1 Å². The summed E-state index contributed by atoms with van der Waals surface area (Å²) in [4.78, 5) is 5.02. The highest BCUT2D eigenvalue weighted by Gasteiger charge is 2.41. The van der Waals surface area contributed by atoms with E-state index >= 15 is 0 Å². The number of hydroxylamine groups is 1. The van der Waals surface area contributed by atoms with E-state index in [0.717, 1.165) is 0 Å². The van der Waals surface area contributed by atoms with Gasteiger partial charge in [0.1, 0.15) is 6.10 Å². The average molecular weight is 208 g/mol. The number of nitrogens with one attached hydrogen (secondary N) is 2. The molecule has 0 bridgehead atoms. The molecule has 0 amide bonds. The van der Waals surface area contributed by atoms with Crippen LogP contribution in [0.3, 0.4) is 0 Å². The molecule has 2 aliphatic rings. The van der Waals surface area contributed by atoms with E-state index in [1.165, 1.54) is 0 Å². The summed E-state index contributed by atoms with van der Waals surface area (Å²) in [6, 6.07) is -0.177. The van der Waals surface area contributed by atoms with E-state index in [1.54, 1.807) is 0 Å². The average Bonchev–Trinajstić information content (AvgIpc) is 2.21. The van der Waals surface area contributed by atoms with Crippen LogP contribution in [-0.4, -0.2) is 37.2 Å². The summed E-state index contributed by atoms with van der Waals surface area (Å²) in [5, 5.41) is 3.21. The second kappa shape index (κ2) is 2.54. The lowest BCUT2D eigenvalue weighted by Crippen LogP contribution is -2.55. The Morgan fingerprint density at radius 3 is 3.00 bits per heavy atom. The first-order chi connectivity index (χ1) is 5.57. The number of thiocarbonyl (C=S) groups is 1. The van der Waals surface area contributed by atoms with Crippen molar-refractivity contribution in [2.24, 2.45) is 0 Å². The number of hydrogen-bond acceptors (Lipinski definition) is 4. The molecular weight excluding hydrogens is 200 g/mol. The van der Waals surface area contributed by atoms with Crippen molar-refractivity contribution in [2.75, 3.05) is 11.5 Å². The highest BCUT2D eigenvalue weighted by Crippen LogP contribution is 2.16. The molecule has 2 heterocycles. The molecular formula is C5H8N2O3S2. The van der Waals surface area contributed by atoms with E-state index in [-0.39, 0.29) is 23.7 Å². The van der Waals surface area contributed by atoms with Crippen molar-refractivity contribution in [3.8, 4) is 0 Å². The van der Waals surface area contributed by atoms with Crippen LogP contribution in [0.1, 0.15) is 0 Å². The van der Waals surface area contributed by atoms with Crippen molar-refractivity contribution in [3.63, 3.8) is 0 Å². The second-order valence-electron chi connectivity index (χ2n) is 2.92. The summed E-state index contributed by atoms with van der Waals surface area (Å²) < 4.78 is 22.2. The fourth-order valence-corrected chi connectivity index (χ4v) is 3.37. The molecule has 0 aromatic rings. The van der Waals surface area contributed by atoms with Crippen LogP contribution < -0.4 is 10.8 Å². The van der Waals surface area contributed by atoms with Gasteiger partial charge in [-0.3, -0.25) is 4.84 Å². The minimum absolute atomic E-state index is 0.0697. The van der Waals surface area contributed by atoms with Crippen molar-refractivity contribution in [3.05, 3.63) is 0 Å². The van der Waals surface area contributed by atoms with Crippen molar-refractivity contribution in [2.45, 2.75) is 12.1 Å². The predicted octanol–water partition coefficient (Wildman–Crippen LogP) is -1.44. The van der Waals surface area contributed by atoms with Crippen LogP contribution in [0.25, 0.3) is 0 Å². The first-order valence-electron chi connectivity index (χ1n) is 3.49. The van der Waals surface area contributed by atoms with E-state index in [9.17, 15) is 8.42 Å². The molecule has 0 aromatic heterocycles. The molecule has 2 aliphatic heterocycles. The zero-order valence-corrected chi connectivity index (χ0v) is 7.74. The second-order valence-corrected chi connectivity index (χ2v) is 5.48. The van der Waals surface area contributed by atoms with Crippen LogP contribution in [0.4, 0.5) is 0 Å². The number of hydrogen-bond donors (Lipinski definition) is 2. The predicted molar refractivity (Wildman–Crippen MR) is 46.2 cm³/mol. The summed E-state index contributed by atoms with van der Waals surface area (Å²) >= 11 is 4.76. The first-order valence-corrected chi connectivity index (χ1v) is 5.72. The fraction of sp³-hybridized carbons (Fsp3) is 0.800. The van der Waals surface area contributed by atoms with Gasteiger partial charge >= 0.3 is 0 Å². The van der Waals surface area contributed by atoms with E-state index in [0.29, 0.717) is 5.11 Å². The molecule has 12 heavy (non-hydrogen) atoms. The summed E-state index contributed by atoms with van der Waals surface area (Å²) in [6.45, 7) is 0. The topological polar surface area (TPSA) is 67.4 Å². The van der Waals surface area contributed by atoms with Crippen molar-refractivity contribution >= 4 is 27.2 Å². The molecule has 0 aliphatic carbocycles. The standard InChI is InChI=1S/C5H8N2O3S2/c8-12(9)1-3-4(2-12)10-7-5(11)6-3/h3-4H,1-2H2,(H2,6,7,11). The van der Waals surface area contributed by atoms with Crippen LogP contribution in [0.15, 0.2) is 0 Å². The lowest BCUT2D eigenvalue weighted by Gasteiger charge is -2.27. The van der Waals surface area contributed by atoms with E-state index in [1.807, 2.05) is 0 Å². The van der Waals surface area contributed by atoms with Gasteiger partial charge in [0, 0.05) is 0 Å². The highest BCUT2D eigenvalue weighted by molar-refractivity contribution is 7.91. The Morgan fingerprint density at radius 2 is 2.25 bits per heavy atom. The summed E-state index contributed by atoms with van der Waals surface area (Å²) in [5.74, 6) is 0.180. The van der Waals surface area contributed by atoms with Crippen LogP contribution >= 0.6 is 12.2 Å². The molecule has 2 fully saturated rings. The maximum absolute atomic E-state index is 11.1. The SMILES string of the molecule is O=S1(=O)CC2NC(=S)NOC2C1. The number of rotatable bonds is 0. The van der Waals surface area contributed by atoms with Crippen LogP contribution in [0, 0.1) is 0 Å². The Labute approximate surface area is 75.3 Å². The Kier molecular flexibility index (Phi) is 1.74. The van der Waals surface area contributed by atoms with E-state index < -0.39 is 9.84 Å². The maximum atomic E-state index is 11.1. The summed E-state index contributed by atoms with van der Waals surface area (Å²) in [6.07, 6.45) is -0.304. The largest absolute Gasteiger partial charge is 0.355 e. The van der Waals surface area contributed by atoms with Gasteiger partial charge < -0.3 is 5.32 Å². The zero-order chi connectivity index (χ0) is 8.77. The molecule has 2 rings (SSSR count). The van der Waals surface area contributed by atoms with Crippen LogP contribution in [0.2, 0.25) is 0 Å². The fourth-order valence-electron chi connectivity index (χ4n) is 1.39. The molecule has 2 N–H and O–H groups in total. The Hall–Kier alpha value is -0.400. The molecule has 2 unspecified atom stereocenters. The summed E-state index contributed by atoms with van der Waals surface area (Å²) in [7, 11) is -2.94. The quantitative estimate of drug-likeness (QED) is 0.475. The van der Waals surface area contributed by atoms with Crippen molar-refractivity contribution in [1.82, 2.24) is 10.8 Å². The Morgan fingerprint density at radius 1 is 1.50 bits per heavy atom.